The Bertz CT molecular complexity index is 501. The first-order chi connectivity index (χ1) is 8.77. The van der Waals surface area contributed by atoms with Gasteiger partial charge in [0.1, 0.15) is 0 Å². The van der Waals surface area contributed by atoms with E-state index in [1.807, 2.05) is 0 Å². The molecule has 1 aromatic carbocycles. The molecule has 1 aromatic rings. The molecule has 1 N–H and O–H groups in total. The van der Waals surface area contributed by atoms with Crippen LogP contribution in [0.4, 0.5) is 13.2 Å². The van der Waals surface area contributed by atoms with Gasteiger partial charge in [-0.1, -0.05) is 0 Å². The van der Waals surface area contributed by atoms with Gasteiger partial charge in [0.2, 0.25) is 0 Å². The average Bonchev–Trinajstić information content (AvgIpc) is 2.36. The van der Waals surface area contributed by atoms with E-state index in [1.165, 1.54) is 0 Å². The van der Waals surface area contributed by atoms with E-state index in [0.717, 1.165) is 25.3 Å². The van der Waals surface area contributed by atoms with Gasteiger partial charge in [-0.15, -0.1) is 0 Å². The summed E-state index contributed by atoms with van der Waals surface area (Å²) in [7, 11) is 1.10. The number of carboxylic acids is 1. The van der Waals surface area contributed by atoms with Crippen LogP contribution in [0.1, 0.15) is 10.4 Å². The summed E-state index contributed by atoms with van der Waals surface area (Å²) in [5, 5.41) is 8.15. The molecule has 0 aromatic heterocycles. The Kier molecular flexibility index (Phi) is 4.36. The maximum atomic E-state index is 13.4. The van der Waals surface area contributed by atoms with Crippen LogP contribution < -0.4 is 4.74 Å². The maximum absolute atomic E-state index is 13.4. The highest BCUT2D eigenvalue weighted by molar-refractivity contribution is 5.89. The van der Waals surface area contributed by atoms with Crippen molar-refractivity contribution in [2.24, 2.45) is 0 Å². The predicted octanol–water partition coefficient (Wildman–Crippen LogP) is 1.71. The third-order valence-corrected chi connectivity index (χ3v) is 2.07. The maximum Gasteiger partial charge on any atom is 0.378 e. The van der Waals surface area contributed by atoms with Crippen LogP contribution in [0.5, 0.6) is 5.75 Å². The molecular weight excluding hydrogens is 269 g/mol. The van der Waals surface area contributed by atoms with Gasteiger partial charge in [0.05, 0.1) is 12.7 Å². The molecule has 0 saturated carbocycles. The zero-order chi connectivity index (χ0) is 14.6. The normalized spacial score (nSPS) is 10.9. The van der Waals surface area contributed by atoms with Crippen molar-refractivity contribution in [3.8, 4) is 5.75 Å². The van der Waals surface area contributed by atoms with Crippen LogP contribution >= 0.6 is 0 Å². The molecule has 19 heavy (non-hydrogen) atoms. The summed E-state index contributed by atoms with van der Waals surface area (Å²) in [5.74, 6) is -8.98. The Balaban J connectivity index is 2.81. The van der Waals surface area contributed by atoms with Crippen molar-refractivity contribution in [1.82, 2.24) is 0 Å². The lowest BCUT2D eigenvalue weighted by Gasteiger charge is -2.13. The van der Waals surface area contributed by atoms with Gasteiger partial charge in [-0.3, -0.25) is 0 Å². The molecule has 0 saturated heterocycles. The van der Waals surface area contributed by atoms with Crippen molar-refractivity contribution < 1.29 is 37.3 Å². The molecule has 0 unspecified atom stereocenters. The Morgan fingerprint density at radius 2 is 2.00 bits per heavy atom. The van der Waals surface area contributed by atoms with Crippen molar-refractivity contribution in [2.75, 3.05) is 13.7 Å². The monoisotopic (exact) mass is 278 g/mol. The van der Waals surface area contributed by atoms with Gasteiger partial charge in [-0.2, -0.15) is 8.78 Å². The van der Waals surface area contributed by atoms with E-state index in [1.54, 1.807) is 0 Å². The average molecular weight is 278 g/mol. The Morgan fingerprint density at radius 1 is 1.37 bits per heavy atom. The van der Waals surface area contributed by atoms with E-state index in [2.05, 4.69) is 9.47 Å². The number of hydrogen-bond donors (Lipinski definition) is 1. The molecule has 0 aliphatic heterocycles. The fourth-order valence-electron chi connectivity index (χ4n) is 1.09. The van der Waals surface area contributed by atoms with Gasteiger partial charge in [0, 0.05) is 0 Å². The van der Waals surface area contributed by atoms with E-state index in [-0.39, 0.29) is 5.56 Å². The lowest BCUT2D eigenvalue weighted by atomic mass is 10.2. The SMILES string of the molecule is COC(=O)c1ccc(OCC(F)(F)C(=O)O)c(F)c1. The number of benzene rings is 1. The third kappa shape index (κ3) is 3.60. The number of hydrogen-bond acceptors (Lipinski definition) is 4. The molecule has 0 spiro atoms. The van der Waals surface area contributed by atoms with Crippen LogP contribution in [0, 0.1) is 5.82 Å². The second-order valence-corrected chi connectivity index (χ2v) is 3.44. The molecule has 5 nitrogen and oxygen atoms in total. The Hall–Kier alpha value is -2.25. The molecular formula is C11H9F3O5. The van der Waals surface area contributed by atoms with E-state index in [0.29, 0.717) is 0 Å². The van der Waals surface area contributed by atoms with Crippen LogP contribution in [0.25, 0.3) is 0 Å². The lowest BCUT2D eigenvalue weighted by molar-refractivity contribution is -0.168. The minimum absolute atomic E-state index is 0.127. The summed E-state index contributed by atoms with van der Waals surface area (Å²) in [5.41, 5.74) is -0.127. The summed E-state index contributed by atoms with van der Waals surface area (Å²) < 4.78 is 47.5. The molecule has 8 heteroatoms. The van der Waals surface area contributed by atoms with Crippen LogP contribution in [0.3, 0.4) is 0 Å². The van der Waals surface area contributed by atoms with Crippen molar-refractivity contribution in [1.29, 1.82) is 0 Å². The zero-order valence-corrected chi connectivity index (χ0v) is 9.65. The minimum atomic E-state index is -4.13. The molecule has 0 fully saturated rings. The molecule has 0 atom stereocenters. The topological polar surface area (TPSA) is 72.8 Å². The van der Waals surface area contributed by atoms with E-state index in [4.69, 9.17) is 5.11 Å². The molecule has 0 bridgehead atoms. The second-order valence-electron chi connectivity index (χ2n) is 3.44. The van der Waals surface area contributed by atoms with Crippen LogP contribution in [-0.4, -0.2) is 36.7 Å². The van der Waals surface area contributed by atoms with Crippen molar-refractivity contribution >= 4 is 11.9 Å². The molecule has 1 rings (SSSR count). The quantitative estimate of drug-likeness (QED) is 0.830. The standard InChI is InChI=1S/C11H9F3O5/c1-18-9(15)6-2-3-8(7(12)4-6)19-5-11(13,14)10(16)17/h2-4H,5H2,1H3,(H,16,17). The van der Waals surface area contributed by atoms with E-state index >= 15 is 0 Å². The number of carbonyl (C=O) groups is 2. The number of halogens is 3. The third-order valence-electron chi connectivity index (χ3n) is 2.07. The van der Waals surface area contributed by atoms with Gasteiger partial charge < -0.3 is 14.6 Å². The molecule has 0 aliphatic carbocycles. The number of esters is 1. The zero-order valence-electron chi connectivity index (χ0n) is 9.65. The fraction of sp³-hybridized carbons (Fsp3) is 0.273. The van der Waals surface area contributed by atoms with Crippen molar-refractivity contribution in [3.63, 3.8) is 0 Å². The number of ether oxygens (including phenoxy) is 2. The van der Waals surface area contributed by atoms with E-state index in [9.17, 15) is 22.8 Å². The first kappa shape index (κ1) is 14.8. The highest BCUT2D eigenvalue weighted by Crippen LogP contribution is 2.22. The highest BCUT2D eigenvalue weighted by atomic mass is 19.3. The van der Waals surface area contributed by atoms with Crippen molar-refractivity contribution in [3.05, 3.63) is 29.6 Å². The number of rotatable bonds is 5. The first-order valence-electron chi connectivity index (χ1n) is 4.90. The number of alkyl halides is 2. The molecule has 104 valence electrons. The number of carbonyl (C=O) groups excluding carboxylic acids is 1. The Morgan fingerprint density at radius 3 is 2.47 bits per heavy atom. The van der Waals surface area contributed by atoms with Crippen LogP contribution in [0.15, 0.2) is 18.2 Å². The van der Waals surface area contributed by atoms with Crippen LogP contribution in [0.2, 0.25) is 0 Å². The minimum Gasteiger partial charge on any atom is -0.484 e. The summed E-state index contributed by atoms with van der Waals surface area (Å²) in [4.78, 5) is 21.2. The lowest BCUT2D eigenvalue weighted by Crippen LogP contribution is -2.35. The number of methoxy groups -OCH3 is 1. The summed E-state index contributed by atoms with van der Waals surface area (Å²) in [6.45, 7) is -1.52. The van der Waals surface area contributed by atoms with Gasteiger partial charge in [0.15, 0.2) is 18.2 Å². The van der Waals surface area contributed by atoms with Gasteiger partial charge in [0.25, 0.3) is 0 Å². The van der Waals surface area contributed by atoms with Crippen molar-refractivity contribution in [2.45, 2.75) is 5.92 Å². The summed E-state index contributed by atoms with van der Waals surface area (Å²) in [6, 6.07) is 2.77. The highest BCUT2D eigenvalue weighted by Gasteiger charge is 2.40. The molecule has 0 heterocycles. The smallest absolute Gasteiger partial charge is 0.378 e. The molecule has 0 radical (unpaired) electrons. The summed E-state index contributed by atoms with van der Waals surface area (Å²) in [6.07, 6.45) is 0. The van der Waals surface area contributed by atoms with Gasteiger partial charge in [-0.25, -0.2) is 14.0 Å². The fourth-order valence-corrected chi connectivity index (χ4v) is 1.09. The second kappa shape index (κ2) is 5.59. The predicted molar refractivity (Wildman–Crippen MR) is 55.8 cm³/mol. The largest absolute Gasteiger partial charge is 0.484 e. The van der Waals surface area contributed by atoms with E-state index < -0.39 is 36.0 Å². The Labute approximate surface area is 105 Å². The van der Waals surface area contributed by atoms with Crippen LogP contribution in [-0.2, 0) is 9.53 Å². The first-order valence-corrected chi connectivity index (χ1v) is 4.90. The molecule has 0 amide bonds. The van der Waals surface area contributed by atoms with Gasteiger partial charge in [-0.05, 0) is 18.2 Å². The van der Waals surface area contributed by atoms with Gasteiger partial charge >= 0.3 is 17.9 Å². The number of carboxylic acid groups (broad SMARTS) is 1. The number of aliphatic carboxylic acids is 1. The molecule has 0 aliphatic rings. The summed E-state index contributed by atoms with van der Waals surface area (Å²) >= 11 is 0.